The molecule has 64 valence electrons. The molecule has 1 heterocycles. The summed E-state index contributed by atoms with van der Waals surface area (Å²) in [4.78, 5) is 0. The highest BCUT2D eigenvalue weighted by Gasteiger charge is 2.24. The molecular formula is C10H20N+. The van der Waals surface area contributed by atoms with E-state index in [1.165, 1.54) is 43.4 Å². The Kier molecular flexibility index (Phi) is 3.13. The monoisotopic (exact) mass is 154 g/mol. The molecule has 0 amide bonds. The number of hydrogen-bond donors (Lipinski definition) is 0. The Labute approximate surface area is 70.3 Å². The van der Waals surface area contributed by atoms with Crippen LogP contribution in [-0.4, -0.2) is 24.1 Å². The van der Waals surface area contributed by atoms with Crippen molar-refractivity contribution in [1.82, 2.24) is 0 Å². The summed E-state index contributed by atoms with van der Waals surface area (Å²) < 4.78 is 1.23. The summed E-state index contributed by atoms with van der Waals surface area (Å²) >= 11 is 0. The van der Waals surface area contributed by atoms with Crippen LogP contribution in [0.1, 0.15) is 33.1 Å². The molecule has 1 aliphatic rings. The van der Waals surface area contributed by atoms with Gasteiger partial charge in [0.2, 0.25) is 0 Å². The zero-order valence-electron chi connectivity index (χ0n) is 7.84. The topological polar surface area (TPSA) is 0 Å². The number of nitrogens with zero attached hydrogens (tertiary/aromatic N) is 1. The lowest BCUT2D eigenvalue weighted by Gasteiger charge is -2.37. The van der Waals surface area contributed by atoms with Gasteiger partial charge in [-0.1, -0.05) is 0 Å². The van der Waals surface area contributed by atoms with Crippen LogP contribution in [-0.2, 0) is 0 Å². The molecule has 1 nitrogen and oxygen atoms in total. The van der Waals surface area contributed by atoms with Gasteiger partial charge in [-0.05, 0) is 39.2 Å². The largest absolute Gasteiger partial charge is 0.298 e. The molecule has 0 bridgehead atoms. The van der Waals surface area contributed by atoms with Crippen LogP contribution in [0.2, 0.25) is 0 Å². The highest BCUT2D eigenvalue weighted by molar-refractivity contribution is 4.70. The van der Waals surface area contributed by atoms with Gasteiger partial charge >= 0.3 is 0 Å². The lowest BCUT2D eigenvalue weighted by Crippen LogP contribution is -2.46. The number of allylic oxidation sites excluding steroid dienone is 1. The lowest BCUT2D eigenvalue weighted by molar-refractivity contribution is -0.882. The minimum absolute atomic E-state index is 1.23. The number of hydrogen-bond acceptors (Lipinski definition) is 0. The van der Waals surface area contributed by atoms with Crippen LogP contribution < -0.4 is 0 Å². The summed E-state index contributed by atoms with van der Waals surface area (Å²) in [5.41, 5.74) is 0. The first-order chi connectivity index (χ1) is 5.33. The molecule has 1 fully saturated rings. The molecule has 0 aromatic carbocycles. The lowest BCUT2D eigenvalue weighted by atomic mass is 10.1. The predicted molar refractivity (Wildman–Crippen MR) is 49.2 cm³/mol. The Hall–Kier alpha value is -0.300. The molecule has 1 heteroatoms. The Morgan fingerprint density at radius 1 is 1.18 bits per heavy atom. The summed E-state index contributed by atoms with van der Waals surface area (Å²) in [6.07, 6.45) is 8.85. The van der Waals surface area contributed by atoms with Crippen molar-refractivity contribution in [1.29, 1.82) is 0 Å². The second-order valence-corrected chi connectivity index (χ2v) is 3.53. The number of likely N-dealkylation sites (tertiary alicyclic amines) is 1. The quantitative estimate of drug-likeness (QED) is 0.536. The van der Waals surface area contributed by atoms with E-state index < -0.39 is 0 Å². The summed E-state index contributed by atoms with van der Waals surface area (Å²) in [6.45, 7) is 8.42. The van der Waals surface area contributed by atoms with Gasteiger partial charge in [0.15, 0.2) is 0 Å². The van der Waals surface area contributed by atoms with Crippen molar-refractivity contribution in [3.8, 4) is 0 Å². The number of rotatable bonds is 2. The van der Waals surface area contributed by atoms with Crippen molar-refractivity contribution in [3.05, 3.63) is 12.3 Å². The molecular weight excluding hydrogens is 134 g/mol. The fourth-order valence-electron chi connectivity index (χ4n) is 2.03. The standard InChI is InChI=1S/C10H20N/c1-3-8-11(4-2)9-6-5-7-10-11/h3,8H,4-7,9-10H2,1-2H3/q+1/b8-3+. The number of piperidine rings is 1. The van der Waals surface area contributed by atoms with Crippen molar-refractivity contribution in [2.24, 2.45) is 0 Å². The Bertz CT molecular complexity index is 132. The minimum Gasteiger partial charge on any atom is -0.298 e. The molecule has 1 saturated heterocycles. The summed E-state index contributed by atoms with van der Waals surface area (Å²) in [5.74, 6) is 0. The zero-order chi connectivity index (χ0) is 8.16. The summed E-state index contributed by atoms with van der Waals surface area (Å²) in [5, 5.41) is 0. The van der Waals surface area contributed by atoms with Gasteiger partial charge in [0, 0.05) is 0 Å². The van der Waals surface area contributed by atoms with Gasteiger partial charge in [-0.25, -0.2) is 0 Å². The Balaban J connectivity index is 2.56. The maximum Gasteiger partial charge on any atom is 0.0915 e. The highest BCUT2D eigenvalue weighted by Crippen LogP contribution is 2.18. The fourth-order valence-corrected chi connectivity index (χ4v) is 2.03. The third-order valence-electron chi connectivity index (χ3n) is 2.80. The first kappa shape index (κ1) is 8.79. The van der Waals surface area contributed by atoms with E-state index >= 15 is 0 Å². The minimum atomic E-state index is 1.23. The molecule has 1 aliphatic heterocycles. The summed E-state index contributed by atoms with van der Waals surface area (Å²) in [7, 11) is 0. The highest BCUT2D eigenvalue weighted by atomic mass is 15.3. The molecule has 0 radical (unpaired) electrons. The zero-order valence-corrected chi connectivity index (χ0v) is 7.84. The van der Waals surface area contributed by atoms with E-state index in [0.29, 0.717) is 0 Å². The van der Waals surface area contributed by atoms with Crippen LogP contribution in [0, 0.1) is 0 Å². The van der Waals surface area contributed by atoms with Crippen LogP contribution in [0.4, 0.5) is 0 Å². The van der Waals surface area contributed by atoms with Gasteiger partial charge in [-0.15, -0.1) is 0 Å². The molecule has 11 heavy (non-hydrogen) atoms. The first-order valence-electron chi connectivity index (χ1n) is 4.82. The second kappa shape index (κ2) is 3.91. The van der Waals surface area contributed by atoms with Gasteiger partial charge in [-0.3, -0.25) is 4.48 Å². The van der Waals surface area contributed by atoms with Crippen LogP contribution in [0.25, 0.3) is 0 Å². The van der Waals surface area contributed by atoms with E-state index in [2.05, 4.69) is 26.1 Å². The average molecular weight is 154 g/mol. The van der Waals surface area contributed by atoms with Gasteiger partial charge < -0.3 is 0 Å². The predicted octanol–water partition coefficient (Wildman–Crippen LogP) is 2.54. The van der Waals surface area contributed by atoms with E-state index in [1.807, 2.05) is 0 Å². The Morgan fingerprint density at radius 2 is 1.82 bits per heavy atom. The smallest absolute Gasteiger partial charge is 0.0915 e. The molecule has 0 spiro atoms. The Morgan fingerprint density at radius 3 is 2.27 bits per heavy atom. The van der Waals surface area contributed by atoms with E-state index in [4.69, 9.17) is 0 Å². The molecule has 1 rings (SSSR count). The van der Waals surface area contributed by atoms with E-state index in [-0.39, 0.29) is 0 Å². The van der Waals surface area contributed by atoms with Crippen LogP contribution >= 0.6 is 0 Å². The molecule has 0 aromatic heterocycles. The van der Waals surface area contributed by atoms with Crippen molar-refractivity contribution < 1.29 is 4.48 Å². The second-order valence-electron chi connectivity index (χ2n) is 3.53. The molecule has 0 aromatic rings. The SMILES string of the molecule is C/C=C/[N+]1(CC)CCCCC1. The average Bonchev–Trinajstić information content (AvgIpc) is 2.07. The van der Waals surface area contributed by atoms with Crippen LogP contribution in [0.5, 0.6) is 0 Å². The van der Waals surface area contributed by atoms with E-state index in [0.717, 1.165) is 0 Å². The van der Waals surface area contributed by atoms with Crippen LogP contribution in [0.15, 0.2) is 12.3 Å². The molecule has 0 N–H and O–H groups in total. The molecule has 0 aliphatic carbocycles. The fraction of sp³-hybridized carbons (Fsp3) is 0.800. The maximum atomic E-state index is 2.37. The van der Waals surface area contributed by atoms with Crippen LogP contribution in [0.3, 0.4) is 0 Å². The van der Waals surface area contributed by atoms with Gasteiger partial charge in [-0.2, -0.15) is 0 Å². The van der Waals surface area contributed by atoms with Gasteiger partial charge in [0.05, 0.1) is 25.8 Å². The van der Waals surface area contributed by atoms with Gasteiger partial charge in [0.1, 0.15) is 0 Å². The van der Waals surface area contributed by atoms with E-state index in [1.54, 1.807) is 0 Å². The third kappa shape index (κ3) is 2.06. The summed E-state index contributed by atoms with van der Waals surface area (Å²) in [6, 6.07) is 0. The number of quaternary nitrogens is 1. The molecule has 0 atom stereocenters. The third-order valence-corrected chi connectivity index (χ3v) is 2.80. The van der Waals surface area contributed by atoms with Crippen molar-refractivity contribution in [3.63, 3.8) is 0 Å². The molecule has 0 saturated carbocycles. The maximum absolute atomic E-state index is 2.37. The van der Waals surface area contributed by atoms with Crippen molar-refractivity contribution in [2.45, 2.75) is 33.1 Å². The first-order valence-corrected chi connectivity index (χ1v) is 4.82. The normalized spacial score (nSPS) is 24.2. The van der Waals surface area contributed by atoms with Crippen molar-refractivity contribution >= 4 is 0 Å². The van der Waals surface area contributed by atoms with Gasteiger partial charge in [0.25, 0.3) is 0 Å². The molecule has 0 unspecified atom stereocenters. The van der Waals surface area contributed by atoms with Crippen molar-refractivity contribution in [2.75, 3.05) is 19.6 Å². The van der Waals surface area contributed by atoms with E-state index in [9.17, 15) is 0 Å².